The maximum Gasteiger partial charge on any atom is 0.344 e. The van der Waals surface area contributed by atoms with Crippen LogP contribution >= 0.6 is 0 Å². The Balaban J connectivity index is 1.40. The van der Waals surface area contributed by atoms with Gasteiger partial charge in [0.1, 0.15) is 23.4 Å². The van der Waals surface area contributed by atoms with Gasteiger partial charge in [0.2, 0.25) is 12.7 Å². The van der Waals surface area contributed by atoms with Gasteiger partial charge < -0.3 is 23.0 Å². The second-order valence-electron chi connectivity index (χ2n) is 8.85. The number of nitrogens with zero attached hydrogens (tertiary/aromatic N) is 4. The Morgan fingerprint density at radius 1 is 0.973 bits per heavy atom. The van der Waals surface area contributed by atoms with E-state index in [1.165, 1.54) is 0 Å². The number of fused-ring (bicyclic) bond motifs is 7. The number of ether oxygens (including phenoxy) is 3. The average molecular weight is 492 g/mol. The molecular formula is C27H16N4O6. The molecule has 0 spiro atoms. The molecule has 6 heterocycles. The van der Waals surface area contributed by atoms with Crippen LogP contribution in [-0.4, -0.2) is 26.4 Å². The number of aryl methyl sites for hydroxylation is 1. The number of hydrogen-bond donors (Lipinski definition) is 0. The summed E-state index contributed by atoms with van der Waals surface area (Å²) in [5.41, 5.74) is 2.02. The van der Waals surface area contributed by atoms with E-state index in [1.54, 1.807) is 23.0 Å². The fourth-order valence-electron chi connectivity index (χ4n) is 4.98. The Kier molecular flexibility index (Phi) is 3.91. The van der Waals surface area contributed by atoms with E-state index < -0.39 is 11.5 Å². The van der Waals surface area contributed by atoms with Crippen molar-refractivity contribution in [3.63, 3.8) is 0 Å². The fourth-order valence-corrected chi connectivity index (χ4v) is 4.98. The lowest BCUT2D eigenvalue weighted by Gasteiger charge is -2.25. The van der Waals surface area contributed by atoms with Gasteiger partial charge in [-0.05, 0) is 49.4 Å². The predicted octanol–water partition coefficient (Wildman–Crippen LogP) is 4.81. The first-order valence-corrected chi connectivity index (χ1v) is 11.6. The van der Waals surface area contributed by atoms with Crippen LogP contribution in [0.1, 0.15) is 28.6 Å². The number of furan rings is 1. The molecule has 10 heteroatoms. The predicted molar refractivity (Wildman–Crippen MR) is 129 cm³/mol. The van der Waals surface area contributed by atoms with Crippen molar-refractivity contribution in [2.24, 2.45) is 0 Å². The molecule has 180 valence electrons. The van der Waals surface area contributed by atoms with E-state index in [1.807, 2.05) is 49.4 Å². The summed E-state index contributed by atoms with van der Waals surface area (Å²) in [5, 5.41) is 5.30. The Labute approximate surface area is 207 Å². The maximum absolute atomic E-state index is 13.4. The molecule has 8 rings (SSSR count). The zero-order valence-electron chi connectivity index (χ0n) is 19.3. The SMILES string of the molecule is Cc1ccc(C2c3c(c4ccccc4oc3=O)Oc3ncn4nc(-c5ccc6c(c5)OCO6)nc4c32)o1. The van der Waals surface area contributed by atoms with Crippen LogP contribution in [0.4, 0.5) is 0 Å². The molecule has 0 saturated carbocycles. The summed E-state index contributed by atoms with van der Waals surface area (Å²) in [6, 6.07) is 16.4. The summed E-state index contributed by atoms with van der Waals surface area (Å²) in [7, 11) is 0. The van der Waals surface area contributed by atoms with Gasteiger partial charge in [0.15, 0.2) is 28.7 Å². The maximum atomic E-state index is 13.4. The van der Waals surface area contributed by atoms with Gasteiger partial charge in [0, 0.05) is 5.56 Å². The van der Waals surface area contributed by atoms with Crippen LogP contribution in [0.25, 0.3) is 28.0 Å². The molecule has 2 aliphatic rings. The van der Waals surface area contributed by atoms with E-state index in [0.29, 0.717) is 68.2 Å². The van der Waals surface area contributed by atoms with E-state index in [9.17, 15) is 4.79 Å². The van der Waals surface area contributed by atoms with Gasteiger partial charge in [-0.15, -0.1) is 5.10 Å². The highest BCUT2D eigenvalue weighted by Crippen LogP contribution is 2.49. The summed E-state index contributed by atoms with van der Waals surface area (Å²) in [6.45, 7) is 2.02. The monoisotopic (exact) mass is 492 g/mol. The molecule has 0 amide bonds. The Hall–Kier alpha value is -5.12. The van der Waals surface area contributed by atoms with Crippen LogP contribution in [0, 0.1) is 6.92 Å². The minimum Gasteiger partial charge on any atom is -0.465 e. The molecule has 4 aromatic heterocycles. The van der Waals surface area contributed by atoms with Gasteiger partial charge in [-0.2, -0.15) is 0 Å². The molecule has 0 fully saturated rings. The molecule has 1 atom stereocenters. The van der Waals surface area contributed by atoms with Crippen molar-refractivity contribution >= 4 is 16.6 Å². The number of benzene rings is 2. The number of hydrogen-bond acceptors (Lipinski definition) is 9. The van der Waals surface area contributed by atoms with Crippen LogP contribution < -0.4 is 19.8 Å². The van der Waals surface area contributed by atoms with Crippen molar-refractivity contribution in [1.82, 2.24) is 19.6 Å². The summed E-state index contributed by atoms with van der Waals surface area (Å²) in [5.74, 6) is 3.05. The zero-order chi connectivity index (χ0) is 24.7. The van der Waals surface area contributed by atoms with Gasteiger partial charge in [-0.1, -0.05) is 12.1 Å². The van der Waals surface area contributed by atoms with Crippen LogP contribution in [0.5, 0.6) is 23.1 Å². The van der Waals surface area contributed by atoms with Gasteiger partial charge in [0.25, 0.3) is 0 Å². The lowest BCUT2D eigenvalue weighted by Crippen LogP contribution is -2.22. The summed E-state index contributed by atoms with van der Waals surface area (Å²) < 4.78 is 30.5. The zero-order valence-corrected chi connectivity index (χ0v) is 19.3. The summed E-state index contributed by atoms with van der Waals surface area (Å²) in [4.78, 5) is 22.8. The second-order valence-corrected chi connectivity index (χ2v) is 8.85. The Morgan fingerprint density at radius 2 is 1.86 bits per heavy atom. The van der Waals surface area contributed by atoms with Crippen LogP contribution in [0.3, 0.4) is 0 Å². The molecule has 37 heavy (non-hydrogen) atoms. The van der Waals surface area contributed by atoms with Crippen molar-refractivity contribution in [2.45, 2.75) is 12.8 Å². The first-order valence-electron chi connectivity index (χ1n) is 11.6. The summed E-state index contributed by atoms with van der Waals surface area (Å²) in [6.07, 6.45) is 1.54. The fraction of sp³-hybridized carbons (Fsp3) is 0.111. The minimum absolute atomic E-state index is 0.174. The third-order valence-corrected chi connectivity index (χ3v) is 6.64. The lowest BCUT2D eigenvalue weighted by atomic mass is 9.88. The highest BCUT2D eigenvalue weighted by atomic mass is 16.7. The minimum atomic E-state index is -0.668. The number of rotatable bonds is 2. The molecule has 2 aliphatic heterocycles. The molecule has 0 N–H and O–H groups in total. The van der Waals surface area contributed by atoms with Crippen LogP contribution in [-0.2, 0) is 0 Å². The quantitative estimate of drug-likeness (QED) is 0.314. The molecule has 2 aromatic carbocycles. The first-order chi connectivity index (χ1) is 18.1. The third-order valence-electron chi connectivity index (χ3n) is 6.64. The van der Waals surface area contributed by atoms with E-state index in [4.69, 9.17) is 28.0 Å². The smallest absolute Gasteiger partial charge is 0.344 e. The first kappa shape index (κ1) is 20.1. The lowest BCUT2D eigenvalue weighted by molar-refractivity contribution is 0.174. The van der Waals surface area contributed by atoms with Gasteiger partial charge in [-0.3, -0.25) is 0 Å². The molecule has 0 bridgehead atoms. The number of aromatic nitrogens is 4. The van der Waals surface area contributed by atoms with Crippen molar-refractivity contribution in [2.75, 3.05) is 6.79 Å². The topological polar surface area (TPSA) is 114 Å². The molecule has 0 aliphatic carbocycles. The largest absolute Gasteiger partial charge is 0.465 e. The third kappa shape index (κ3) is 2.86. The Morgan fingerprint density at radius 3 is 2.76 bits per heavy atom. The molecule has 1 unspecified atom stereocenters. The molecule has 0 saturated heterocycles. The van der Waals surface area contributed by atoms with Crippen LogP contribution in [0.15, 0.2) is 74.6 Å². The van der Waals surface area contributed by atoms with E-state index in [2.05, 4.69) is 10.1 Å². The molecule has 10 nitrogen and oxygen atoms in total. The highest BCUT2D eigenvalue weighted by molar-refractivity contribution is 5.86. The van der Waals surface area contributed by atoms with E-state index in [0.717, 1.165) is 5.56 Å². The summed E-state index contributed by atoms with van der Waals surface area (Å²) >= 11 is 0. The Bertz CT molecular complexity index is 1950. The molecule has 0 radical (unpaired) electrons. The molecular weight excluding hydrogens is 476 g/mol. The second kappa shape index (κ2) is 7.20. The van der Waals surface area contributed by atoms with Crippen molar-refractivity contribution in [1.29, 1.82) is 0 Å². The van der Waals surface area contributed by atoms with Gasteiger partial charge in [0.05, 0.1) is 22.4 Å². The molecule has 6 aromatic rings. The van der Waals surface area contributed by atoms with Gasteiger partial charge in [-0.25, -0.2) is 19.3 Å². The standard InChI is InChI=1S/C27H16N4O6/c1-13-6-8-18(35-13)20-21-23(15-4-2-3-5-16(15)36-27(21)32)37-26-22(20)25-29-24(30-31(25)11-28-26)14-7-9-17-19(10-14)34-12-33-17/h2-11,20H,12H2,1H3. The number of para-hydroxylation sites is 1. The average Bonchev–Trinajstić information content (AvgIpc) is 3.66. The van der Waals surface area contributed by atoms with Crippen molar-refractivity contribution in [3.05, 3.63) is 94.0 Å². The van der Waals surface area contributed by atoms with E-state index in [-0.39, 0.29) is 6.79 Å². The normalized spacial score (nSPS) is 15.5. The van der Waals surface area contributed by atoms with Crippen molar-refractivity contribution < 1.29 is 23.0 Å². The van der Waals surface area contributed by atoms with E-state index >= 15 is 0 Å². The van der Waals surface area contributed by atoms with Gasteiger partial charge >= 0.3 is 5.63 Å². The van der Waals surface area contributed by atoms with Crippen molar-refractivity contribution in [3.8, 4) is 34.5 Å². The van der Waals surface area contributed by atoms with Crippen LogP contribution in [0.2, 0.25) is 0 Å². The highest BCUT2D eigenvalue weighted by Gasteiger charge is 2.39.